The Morgan fingerprint density at radius 1 is 1.14 bits per heavy atom. The van der Waals surface area contributed by atoms with Crippen LogP contribution in [0.15, 0.2) is 47.6 Å². The first-order chi connectivity index (χ1) is 16.7. The Morgan fingerprint density at radius 2 is 1.86 bits per heavy atom. The molecule has 2 aromatic rings. The third-order valence-electron chi connectivity index (χ3n) is 5.41. The summed E-state index contributed by atoms with van der Waals surface area (Å²) < 4.78 is 10.3. The number of ether oxygens (including phenoxy) is 2. The van der Waals surface area contributed by atoms with Crippen LogP contribution in [0.5, 0.6) is 5.75 Å². The summed E-state index contributed by atoms with van der Waals surface area (Å²) >= 11 is 0. The molecule has 0 unspecified atom stereocenters. The molecule has 0 radical (unpaired) electrons. The van der Waals surface area contributed by atoms with Gasteiger partial charge in [-0.25, -0.2) is 0 Å². The maximum atomic E-state index is 12.5. The van der Waals surface area contributed by atoms with Gasteiger partial charge in [0.05, 0.1) is 19.3 Å². The third-order valence-corrected chi connectivity index (χ3v) is 5.41. The molecule has 1 aliphatic rings. The first-order valence-electron chi connectivity index (χ1n) is 10.9. The lowest BCUT2D eigenvalue weighted by Gasteiger charge is -2.20. The van der Waals surface area contributed by atoms with Crippen LogP contribution < -0.4 is 15.4 Å². The molecule has 0 fully saturated rings. The summed E-state index contributed by atoms with van der Waals surface area (Å²) in [6.45, 7) is 2.60. The van der Waals surface area contributed by atoms with Crippen molar-refractivity contribution < 1.29 is 34.1 Å². The minimum absolute atomic E-state index is 0.0609. The van der Waals surface area contributed by atoms with Gasteiger partial charge in [0.2, 0.25) is 0 Å². The first kappa shape index (κ1) is 25.9. The Labute approximate surface area is 203 Å². The van der Waals surface area contributed by atoms with Gasteiger partial charge in [-0.2, -0.15) is 0 Å². The first-order valence-corrected chi connectivity index (χ1v) is 10.9. The maximum absolute atomic E-state index is 12.5. The van der Waals surface area contributed by atoms with Crippen LogP contribution in [-0.4, -0.2) is 66.9 Å². The smallest absolute Gasteiger partial charge is 0.265 e. The van der Waals surface area contributed by atoms with Crippen LogP contribution in [0.3, 0.4) is 0 Å². The summed E-state index contributed by atoms with van der Waals surface area (Å²) in [5.41, 5.74) is 3.11. The molecule has 10 heteroatoms. The summed E-state index contributed by atoms with van der Waals surface area (Å²) in [5.74, 6) is -0.0276. The van der Waals surface area contributed by atoms with Gasteiger partial charge in [-0.1, -0.05) is 17.3 Å². The molecule has 4 N–H and O–H groups in total. The van der Waals surface area contributed by atoms with Crippen LogP contribution in [0.25, 0.3) is 11.6 Å². The highest BCUT2D eigenvalue weighted by Gasteiger charge is 2.26. The molecular weight excluding hydrogens is 454 g/mol. The van der Waals surface area contributed by atoms with E-state index < -0.39 is 30.8 Å². The normalized spacial score (nSPS) is 16.8. The van der Waals surface area contributed by atoms with Gasteiger partial charge in [0, 0.05) is 29.6 Å². The number of carbonyl (C=O) groups is 2. The molecule has 2 aromatic carbocycles. The van der Waals surface area contributed by atoms with Gasteiger partial charge in [0.25, 0.3) is 11.8 Å². The van der Waals surface area contributed by atoms with E-state index in [-0.39, 0.29) is 11.6 Å². The molecule has 10 nitrogen and oxygen atoms in total. The van der Waals surface area contributed by atoms with Crippen LogP contribution in [0, 0.1) is 0 Å². The fourth-order valence-corrected chi connectivity index (χ4v) is 3.37. The number of carbonyl (C=O) groups excluding carboxylic acids is 2. The number of benzene rings is 2. The average molecular weight is 484 g/mol. The monoisotopic (exact) mass is 483 g/mol. The second kappa shape index (κ2) is 11.6. The van der Waals surface area contributed by atoms with Gasteiger partial charge in [0.1, 0.15) is 17.6 Å². The van der Waals surface area contributed by atoms with Gasteiger partial charge in [0.15, 0.2) is 6.61 Å². The number of rotatable bonds is 10. The Bertz CT molecular complexity index is 1130. The molecule has 0 spiro atoms. The summed E-state index contributed by atoms with van der Waals surface area (Å²) in [6, 6.07) is 12.3. The summed E-state index contributed by atoms with van der Waals surface area (Å²) in [6.07, 6.45) is -1.26. The maximum Gasteiger partial charge on any atom is 0.265 e. The van der Waals surface area contributed by atoms with Gasteiger partial charge in [-0.05, 0) is 55.8 Å². The van der Waals surface area contributed by atoms with Gasteiger partial charge < -0.3 is 35.2 Å². The van der Waals surface area contributed by atoms with Gasteiger partial charge >= 0.3 is 0 Å². The van der Waals surface area contributed by atoms with Crippen molar-refractivity contribution in [3.05, 3.63) is 53.6 Å². The van der Waals surface area contributed by atoms with Crippen molar-refractivity contribution in [1.82, 2.24) is 0 Å². The second-order valence-electron chi connectivity index (χ2n) is 7.95. The molecule has 2 amide bonds. The number of amides is 2. The lowest BCUT2D eigenvalue weighted by atomic mass is 10.0. The minimum atomic E-state index is -1.30. The van der Waals surface area contributed by atoms with Crippen LogP contribution in [0.4, 0.5) is 11.4 Å². The lowest BCUT2D eigenvalue weighted by molar-refractivity contribution is -0.120. The number of nitrogens with one attached hydrogen (secondary N) is 2. The molecular formula is C25H29N3O7. The minimum Gasteiger partial charge on any atom is -0.497 e. The topological polar surface area (TPSA) is 139 Å². The van der Waals surface area contributed by atoms with E-state index in [1.54, 1.807) is 50.4 Å². The highest BCUT2D eigenvalue weighted by molar-refractivity contribution is 6.35. The van der Waals surface area contributed by atoms with Gasteiger partial charge in [-0.3, -0.25) is 9.59 Å². The highest BCUT2D eigenvalue weighted by Crippen LogP contribution is 2.35. The van der Waals surface area contributed by atoms with E-state index >= 15 is 0 Å². The van der Waals surface area contributed by atoms with Crippen molar-refractivity contribution in [3.8, 4) is 5.75 Å². The quantitative estimate of drug-likeness (QED) is 0.231. The number of oxime groups is 1. The van der Waals surface area contributed by atoms with Crippen LogP contribution in [0.1, 0.15) is 25.0 Å². The number of aliphatic hydroxyl groups excluding tert-OH is 2. The average Bonchev–Trinajstić information content (AvgIpc) is 3.15. The summed E-state index contributed by atoms with van der Waals surface area (Å²) in [5, 5.41) is 29.0. The van der Waals surface area contributed by atoms with Gasteiger partial charge in [-0.15, -0.1) is 0 Å². The lowest BCUT2D eigenvalue weighted by Crippen LogP contribution is -2.39. The van der Waals surface area contributed by atoms with E-state index in [2.05, 4.69) is 15.8 Å². The van der Waals surface area contributed by atoms with Crippen molar-refractivity contribution in [2.24, 2.45) is 5.16 Å². The molecule has 0 saturated carbocycles. The number of methoxy groups -OCH3 is 2. The van der Waals surface area contributed by atoms with E-state index in [1.807, 2.05) is 12.1 Å². The molecule has 0 aromatic heterocycles. The van der Waals surface area contributed by atoms with Crippen LogP contribution in [-0.2, 0) is 19.2 Å². The number of nitrogens with zero attached hydrogens (tertiary/aromatic N) is 1. The third kappa shape index (κ3) is 6.44. The number of hydrogen-bond acceptors (Lipinski definition) is 8. The van der Waals surface area contributed by atoms with E-state index in [4.69, 9.17) is 14.3 Å². The molecule has 1 heterocycles. The fraction of sp³-hybridized carbons (Fsp3) is 0.320. The molecule has 0 bridgehead atoms. The molecule has 3 rings (SSSR count). The zero-order chi connectivity index (χ0) is 25.5. The molecule has 0 aliphatic carbocycles. The Balaban J connectivity index is 1.70. The SMILES string of the molecule is COc1ccc(/C=C2/C(=O)Nc3ccc(NC(=O)CO/N=C(/[C@H](C)OC)[C@@H](O)[C@@H](C)O)cc32)cc1. The Hall–Kier alpha value is -3.73. The van der Waals surface area contributed by atoms with Crippen molar-refractivity contribution >= 4 is 40.5 Å². The number of hydrogen-bond donors (Lipinski definition) is 4. The largest absolute Gasteiger partial charge is 0.497 e. The van der Waals surface area contributed by atoms with E-state index in [1.165, 1.54) is 14.0 Å². The fourth-order valence-electron chi connectivity index (χ4n) is 3.37. The zero-order valence-corrected chi connectivity index (χ0v) is 19.9. The van der Waals surface area contributed by atoms with Crippen molar-refractivity contribution in [2.75, 3.05) is 31.5 Å². The number of aliphatic hydroxyl groups is 2. The second-order valence-corrected chi connectivity index (χ2v) is 7.95. The Kier molecular flexibility index (Phi) is 8.58. The molecule has 186 valence electrons. The molecule has 3 atom stereocenters. The standard InChI is InChI=1S/C25H29N3O7/c1-14(29)24(31)23(15(2)33-3)28-35-13-22(30)26-17-7-10-21-19(12-17)20(25(32)27-21)11-16-5-8-18(34-4)9-6-16/h5-12,14-15,24,29,31H,13H2,1-4H3,(H,26,30)(H,27,32)/b20-11+,28-23-/t14-,15+,24+/m1/s1. The van der Waals surface area contributed by atoms with Crippen LogP contribution >= 0.6 is 0 Å². The highest BCUT2D eigenvalue weighted by atomic mass is 16.6. The van der Waals surface area contributed by atoms with Crippen LogP contribution in [0.2, 0.25) is 0 Å². The van der Waals surface area contributed by atoms with Crippen molar-refractivity contribution in [2.45, 2.75) is 32.2 Å². The van der Waals surface area contributed by atoms with E-state index in [9.17, 15) is 19.8 Å². The number of fused-ring (bicyclic) bond motifs is 1. The molecule has 35 heavy (non-hydrogen) atoms. The number of anilines is 2. The van der Waals surface area contributed by atoms with Crippen molar-refractivity contribution in [3.63, 3.8) is 0 Å². The Morgan fingerprint density at radius 3 is 2.49 bits per heavy atom. The van der Waals surface area contributed by atoms with E-state index in [0.29, 0.717) is 28.3 Å². The summed E-state index contributed by atoms with van der Waals surface area (Å²) in [7, 11) is 3.01. The predicted octanol–water partition coefficient (Wildman–Crippen LogP) is 2.28. The molecule has 0 saturated heterocycles. The zero-order valence-electron chi connectivity index (χ0n) is 19.9. The van der Waals surface area contributed by atoms with Crippen molar-refractivity contribution in [1.29, 1.82) is 0 Å². The van der Waals surface area contributed by atoms with E-state index in [0.717, 1.165) is 5.56 Å². The summed E-state index contributed by atoms with van der Waals surface area (Å²) in [4.78, 5) is 30.0. The predicted molar refractivity (Wildman–Crippen MR) is 132 cm³/mol. The molecule has 1 aliphatic heterocycles.